The molecule has 0 aliphatic carbocycles. The number of rotatable bonds is 8. The van der Waals surface area contributed by atoms with Crippen molar-refractivity contribution in [1.82, 2.24) is 5.32 Å². The van der Waals surface area contributed by atoms with Crippen molar-refractivity contribution in [1.29, 1.82) is 0 Å². The highest BCUT2D eigenvalue weighted by atomic mass is 79.9. The van der Waals surface area contributed by atoms with Gasteiger partial charge in [0.05, 0.1) is 0 Å². The lowest BCUT2D eigenvalue weighted by Crippen LogP contribution is -2.14. The average molecular weight is 401 g/mol. The van der Waals surface area contributed by atoms with E-state index in [9.17, 15) is 4.79 Å². The molecule has 0 fully saturated rings. The van der Waals surface area contributed by atoms with Crippen LogP contribution in [0, 0.1) is 0 Å². The van der Waals surface area contributed by atoms with Crippen LogP contribution < -0.4 is 11.1 Å². The smallest absolute Gasteiger partial charge is 0.185 e. The molecular weight excluding hydrogens is 368 g/mol. The summed E-state index contributed by atoms with van der Waals surface area (Å²) in [6, 6.07) is 3.26. The molecular formula is C19H33BrN2O2. The second-order valence-corrected chi connectivity index (χ2v) is 5.69. The number of hydrogen-bond donors (Lipinski definition) is 2. The highest BCUT2D eigenvalue weighted by Gasteiger charge is 1.93. The van der Waals surface area contributed by atoms with E-state index in [1.54, 1.807) is 18.2 Å². The molecule has 5 heteroatoms. The predicted octanol–water partition coefficient (Wildman–Crippen LogP) is 5.80. The third-order valence-electron chi connectivity index (χ3n) is 2.87. The van der Waals surface area contributed by atoms with E-state index in [0.717, 1.165) is 19.4 Å². The SMILES string of the molecule is C/C=C/N.CC/C=C(\CC)NCCCCC.O=Cc1ccc(Br)o1. The zero-order valence-electron chi connectivity index (χ0n) is 15.5. The van der Waals surface area contributed by atoms with Crippen LogP contribution >= 0.6 is 15.9 Å². The molecule has 138 valence electrons. The lowest BCUT2D eigenvalue weighted by atomic mass is 10.2. The van der Waals surface area contributed by atoms with Crippen molar-refractivity contribution in [3.63, 3.8) is 0 Å². The van der Waals surface area contributed by atoms with Gasteiger partial charge < -0.3 is 15.5 Å². The van der Waals surface area contributed by atoms with Crippen LogP contribution in [0.3, 0.4) is 0 Å². The Hall–Kier alpha value is -1.49. The third kappa shape index (κ3) is 16.9. The maximum absolute atomic E-state index is 9.91. The van der Waals surface area contributed by atoms with E-state index in [-0.39, 0.29) is 0 Å². The number of aldehydes is 1. The Balaban J connectivity index is 0. The van der Waals surface area contributed by atoms with Gasteiger partial charge in [-0.25, -0.2) is 0 Å². The van der Waals surface area contributed by atoms with E-state index in [0.29, 0.717) is 16.7 Å². The zero-order chi connectivity index (χ0) is 18.6. The minimum Gasteiger partial charge on any atom is -0.447 e. The summed E-state index contributed by atoms with van der Waals surface area (Å²) in [5, 5.41) is 3.47. The monoisotopic (exact) mass is 400 g/mol. The molecule has 1 heterocycles. The molecule has 3 N–H and O–H groups in total. The standard InChI is InChI=1S/C11H23N.C5H3BrO2.C3H7N/c1-4-7-8-10-12-11(6-3)9-5-2;6-5-2-1-4(3-7)8-5;1-2-3-4/h9,12H,4-8,10H2,1-3H3;1-3H;2-3H,4H2,1H3/b11-9+;;3-2+. The molecule has 0 unspecified atom stereocenters. The molecule has 0 aliphatic heterocycles. The lowest BCUT2D eigenvalue weighted by molar-refractivity contribution is 0.109. The van der Waals surface area contributed by atoms with Gasteiger partial charge in [-0.15, -0.1) is 0 Å². The van der Waals surface area contributed by atoms with Crippen molar-refractivity contribution >= 4 is 22.2 Å². The fourth-order valence-corrected chi connectivity index (χ4v) is 1.92. The fourth-order valence-electron chi connectivity index (χ4n) is 1.60. The van der Waals surface area contributed by atoms with Gasteiger partial charge in [-0.3, -0.25) is 4.79 Å². The molecule has 0 bridgehead atoms. The molecule has 4 nitrogen and oxygen atoms in total. The number of carbonyl (C=O) groups excluding carboxylic acids is 1. The second-order valence-electron chi connectivity index (χ2n) is 4.91. The van der Waals surface area contributed by atoms with Gasteiger partial charge in [-0.1, -0.05) is 45.8 Å². The lowest BCUT2D eigenvalue weighted by Gasteiger charge is -2.07. The molecule has 1 aromatic rings. The van der Waals surface area contributed by atoms with Crippen molar-refractivity contribution < 1.29 is 9.21 Å². The van der Waals surface area contributed by atoms with Gasteiger partial charge in [0, 0.05) is 12.2 Å². The van der Waals surface area contributed by atoms with Crippen molar-refractivity contribution in [2.75, 3.05) is 6.54 Å². The first-order valence-corrected chi connectivity index (χ1v) is 9.34. The zero-order valence-corrected chi connectivity index (χ0v) is 17.1. The molecule has 0 aliphatic rings. The van der Waals surface area contributed by atoms with Crippen LogP contribution in [0.1, 0.15) is 70.4 Å². The molecule has 24 heavy (non-hydrogen) atoms. The maximum Gasteiger partial charge on any atom is 0.185 e. The number of nitrogens with two attached hydrogens (primary N) is 1. The van der Waals surface area contributed by atoms with Gasteiger partial charge >= 0.3 is 0 Å². The van der Waals surface area contributed by atoms with Gasteiger partial charge in [-0.2, -0.15) is 0 Å². The Morgan fingerprint density at radius 3 is 2.29 bits per heavy atom. The van der Waals surface area contributed by atoms with Crippen LogP contribution in [0.5, 0.6) is 0 Å². The first-order valence-electron chi connectivity index (χ1n) is 8.55. The van der Waals surface area contributed by atoms with Crippen LogP contribution in [0.25, 0.3) is 0 Å². The number of allylic oxidation sites excluding steroid dienone is 3. The summed E-state index contributed by atoms with van der Waals surface area (Å²) in [6.07, 6.45) is 12.5. The minimum atomic E-state index is 0.344. The van der Waals surface area contributed by atoms with E-state index in [1.165, 1.54) is 31.2 Å². The summed E-state index contributed by atoms with van der Waals surface area (Å²) in [5.74, 6) is 0.344. The largest absolute Gasteiger partial charge is 0.447 e. The van der Waals surface area contributed by atoms with Crippen molar-refractivity contribution in [3.8, 4) is 0 Å². The van der Waals surface area contributed by atoms with Crippen LogP contribution in [0.15, 0.2) is 45.3 Å². The summed E-state index contributed by atoms with van der Waals surface area (Å²) in [6.45, 7) is 9.65. The van der Waals surface area contributed by atoms with Crippen molar-refractivity contribution in [3.05, 3.63) is 46.6 Å². The summed E-state index contributed by atoms with van der Waals surface area (Å²) >= 11 is 3.05. The molecule has 0 saturated carbocycles. The van der Waals surface area contributed by atoms with Gasteiger partial charge in [0.15, 0.2) is 16.7 Å². The predicted molar refractivity (Wildman–Crippen MR) is 107 cm³/mol. The number of nitrogens with one attached hydrogen (secondary N) is 1. The average Bonchev–Trinajstić information content (AvgIpc) is 3.04. The number of halogens is 1. The normalized spacial score (nSPS) is 10.5. The Morgan fingerprint density at radius 1 is 1.29 bits per heavy atom. The molecule has 0 atom stereocenters. The molecule has 1 rings (SSSR count). The van der Waals surface area contributed by atoms with Crippen molar-refractivity contribution in [2.45, 2.75) is 59.8 Å². The second kappa shape index (κ2) is 19.6. The van der Waals surface area contributed by atoms with E-state index >= 15 is 0 Å². The Labute approximate surface area is 155 Å². The summed E-state index contributed by atoms with van der Waals surface area (Å²) in [7, 11) is 0. The molecule has 0 radical (unpaired) electrons. The topological polar surface area (TPSA) is 68.3 Å². The number of furan rings is 1. The summed E-state index contributed by atoms with van der Waals surface area (Å²) < 4.78 is 5.36. The third-order valence-corrected chi connectivity index (χ3v) is 3.29. The highest BCUT2D eigenvalue weighted by Crippen LogP contribution is 2.11. The van der Waals surface area contributed by atoms with Crippen LogP contribution in [0.2, 0.25) is 0 Å². The van der Waals surface area contributed by atoms with Gasteiger partial charge in [0.2, 0.25) is 0 Å². The van der Waals surface area contributed by atoms with Crippen LogP contribution in [-0.2, 0) is 0 Å². The molecule has 1 aromatic heterocycles. The summed E-state index contributed by atoms with van der Waals surface area (Å²) in [5.41, 5.74) is 6.26. The maximum atomic E-state index is 9.91. The Morgan fingerprint density at radius 2 is 1.96 bits per heavy atom. The first kappa shape index (κ1) is 24.8. The molecule has 0 amide bonds. The van der Waals surface area contributed by atoms with Gasteiger partial charge in [0.1, 0.15) is 0 Å². The first-order chi connectivity index (χ1) is 11.6. The Bertz CT molecular complexity index is 450. The van der Waals surface area contributed by atoms with E-state index in [2.05, 4.69) is 48.1 Å². The van der Waals surface area contributed by atoms with E-state index in [1.807, 2.05) is 6.92 Å². The quantitative estimate of drug-likeness (QED) is 0.426. The number of carbonyl (C=O) groups is 1. The van der Waals surface area contributed by atoms with E-state index < -0.39 is 0 Å². The molecule has 0 spiro atoms. The molecule has 0 saturated heterocycles. The van der Waals surface area contributed by atoms with Crippen LogP contribution in [-0.4, -0.2) is 12.8 Å². The fraction of sp³-hybridized carbons (Fsp3) is 0.526. The van der Waals surface area contributed by atoms with Crippen LogP contribution in [0.4, 0.5) is 0 Å². The van der Waals surface area contributed by atoms with Gasteiger partial charge in [-0.05, 0) is 60.4 Å². The molecule has 0 aromatic carbocycles. The Kier molecular flexibility index (Phi) is 20.2. The van der Waals surface area contributed by atoms with Crippen molar-refractivity contribution in [2.24, 2.45) is 5.73 Å². The highest BCUT2D eigenvalue weighted by molar-refractivity contribution is 9.10. The van der Waals surface area contributed by atoms with Gasteiger partial charge in [0.25, 0.3) is 0 Å². The van der Waals surface area contributed by atoms with E-state index in [4.69, 9.17) is 10.2 Å². The minimum absolute atomic E-state index is 0.344. The number of hydrogen-bond acceptors (Lipinski definition) is 4. The summed E-state index contributed by atoms with van der Waals surface area (Å²) in [4.78, 5) is 9.91. The number of unbranched alkanes of at least 4 members (excludes halogenated alkanes) is 2.